The van der Waals surface area contributed by atoms with Crippen LogP contribution in [0, 0.1) is 0 Å². The minimum absolute atomic E-state index is 0.0638. The molecule has 0 aliphatic rings. The fourth-order valence-corrected chi connectivity index (χ4v) is 2.22. The molecule has 2 rings (SSSR count). The van der Waals surface area contributed by atoms with Crippen LogP contribution in [0.15, 0.2) is 33.5 Å². The van der Waals surface area contributed by atoms with Gasteiger partial charge in [0.2, 0.25) is 0 Å². The van der Waals surface area contributed by atoms with Crippen LogP contribution in [0.1, 0.15) is 19.4 Å². The summed E-state index contributed by atoms with van der Waals surface area (Å²) < 4.78 is 5.10. The molecular formula is C15H19NO4. The summed E-state index contributed by atoms with van der Waals surface area (Å²) in [5.41, 5.74) is 0.768. The number of benzene rings is 1. The Morgan fingerprint density at radius 2 is 2.05 bits per heavy atom. The van der Waals surface area contributed by atoms with E-state index in [0.29, 0.717) is 18.7 Å². The van der Waals surface area contributed by atoms with Crippen molar-refractivity contribution >= 4 is 11.0 Å². The SMILES string of the molecule is CC(C)N(CCO)Cc1cc(=O)oc2cc(O)ccc12. The summed E-state index contributed by atoms with van der Waals surface area (Å²) in [5.74, 6) is 0.0638. The van der Waals surface area contributed by atoms with E-state index in [9.17, 15) is 9.90 Å². The quantitative estimate of drug-likeness (QED) is 0.814. The first kappa shape index (κ1) is 14.6. The van der Waals surface area contributed by atoms with Gasteiger partial charge in [0.25, 0.3) is 0 Å². The monoisotopic (exact) mass is 277 g/mol. The first-order valence-corrected chi connectivity index (χ1v) is 6.62. The molecule has 0 spiro atoms. The summed E-state index contributed by atoms with van der Waals surface area (Å²) in [5, 5.41) is 19.4. The van der Waals surface area contributed by atoms with Crippen LogP contribution in [0.5, 0.6) is 5.75 Å². The van der Waals surface area contributed by atoms with Crippen molar-refractivity contribution in [2.75, 3.05) is 13.2 Å². The third-order valence-electron chi connectivity index (χ3n) is 3.30. The number of fused-ring (bicyclic) bond motifs is 1. The van der Waals surface area contributed by atoms with Crippen molar-refractivity contribution in [1.82, 2.24) is 4.90 Å². The largest absolute Gasteiger partial charge is 0.508 e. The molecule has 0 unspecified atom stereocenters. The van der Waals surface area contributed by atoms with Gasteiger partial charge in [0.1, 0.15) is 11.3 Å². The lowest BCUT2D eigenvalue weighted by Crippen LogP contribution is -2.33. The Balaban J connectivity index is 2.45. The van der Waals surface area contributed by atoms with Crippen molar-refractivity contribution in [1.29, 1.82) is 0 Å². The first-order valence-electron chi connectivity index (χ1n) is 6.62. The Hall–Kier alpha value is -1.85. The van der Waals surface area contributed by atoms with Crippen LogP contribution in [0.4, 0.5) is 0 Å². The van der Waals surface area contributed by atoms with Crippen LogP contribution in [0.25, 0.3) is 11.0 Å². The highest BCUT2D eigenvalue weighted by Gasteiger charge is 2.13. The minimum atomic E-state index is -0.439. The van der Waals surface area contributed by atoms with Crippen molar-refractivity contribution in [3.63, 3.8) is 0 Å². The van der Waals surface area contributed by atoms with Gasteiger partial charge >= 0.3 is 5.63 Å². The van der Waals surface area contributed by atoms with E-state index in [4.69, 9.17) is 9.52 Å². The van der Waals surface area contributed by atoms with Crippen molar-refractivity contribution in [3.05, 3.63) is 40.2 Å². The fraction of sp³-hybridized carbons (Fsp3) is 0.400. The predicted octanol–water partition coefficient (Wildman–Crippen LogP) is 1.70. The number of aliphatic hydroxyl groups is 1. The zero-order valence-electron chi connectivity index (χ0n) is 11.7. The summed E-state index contributed by atoms with van der Waals surface area (Å²) in [6.07, 6.45) is 0. The second-order valence-corrected chi connectivity index (χ2v) is 5.06. The molecule has 5 heteroatoms. The van der Waals surface area contributed by atoms with Crippen LogP contribution in [0.3, 0.4) is 0 Å². The molecule has 0 saturated carbocycles. The Kier molecular flexibility index (Phi) is 4.42. The van der Waals surface area contributed by atoms with E-state index in [1.54, 1.807) is 12.1 Å². The standard InChI is InChI=1S/C15H19NO4/c1-10(2)16(5-6-17)9-11-7-15(19)20-14-8-12(18)3-4-13(11)14/h3-4,7-8,10,17-18H,5-6,9H2,1-2H3. The van der Waals surface area contributed by atoms with Crippen molar-refractivity contribution < 1.29 is 14.6 Å². The molecule has 0 fully saturated rings. The normalized spacial score (nSPS) is 11.7. The molecule has 2 N–H and O–H groups in total. The lowest BCUT2D eigenvalue weighted by molar-refractivity contribution is 0.159. The van der Waals surface area contributed by atoms with Crippen LogP contribution >= 0.6 is 0 Å². The molecule has 1 heterocycles. The third kappa shape index (κ3) is 3.18. The van der Waals surface area contributed by atoms with Crippen LogP contribution < -0.4 is 5.63 Å². The van der Waals surface area contributed by atoms with Gasteiger partial charge in [-0.05, 0) is 31.5 Å². The Morgan fingerprint density at radius 3 is 2.70 bits per heavy atom. The van der Waals surface area contributed by atoms with Crippen LogP contribution in [0.2, 0.25) is 0 Å². The van der Waals surface area contributed by atoms with Crippen LogP contribution in [-0.2, 0) is 6.54 Å². The maximum Gasteiger partial charge on any atom is 0.336 e. The summed E-state index contributed by atoms with van der Waals surface area (Å²) in [7, 11) is 0. The second-order valence-electron chi connectivity index (χ2n) is 5.06. The maximum absolute atomic E-state index is 11.6. The Morgan fingerprint density at radius 1 is 1.30 bits per heavy atom. The number of rotatable bonds is 5. The third-order valence-corrected chi connectivity index (χ3v) is 3.30. The van der Waals surface area contributed by atoms with Gasteiger partial charge < -0.3 is 14.6 Å². The summed E-state index contributed by atoms with van der Waals surface area (Å²) in [6, 6.07) is 6.46. The minimum Gasteiger partial charge on any atom is -0.508 e. The molecule has 5 nitrogen and oxygen atoms in total. The number of nitrogens with zero attached hydrogens (tertiary/aromatic N) is 1. The van der Waals surface area contributed by atoms with E-state index in [0.717, 1.165) is 10.9 Å². The van der Waals surface area contributed by atoms with E-state index < -0.39 is 5.63 Å². The molecule has 20 heavy (non-hydrogen) atoms. The highest BCUT2D eigenvalue weighted by Crippen LogP contribution is 2.23. The summed E-state index contributed by atoms with van der Waals surface area (Å²) in [4.78, 5) is 13.7. The smallest absolute Gasteiger partial charge is 0.336 e. The topological polar surface area (TPSA) is 73.9 Å². The van der Waals surface area contributed by atoms with E-state index in [-0.39, 0.29) is 18.4 Å². The number of hydrogen-bond acceptors (Lipinski definition) is 5. The van der Waals surface area contributed by atoms with E-state index >= 15 is 0 Å². The number of hydrogen-bond donors (Lipinski definition) is 2. The molecule has 0 radical (unpaired) electrons. The molecule has 2 aromatic rings. The molecule has 0 aliphatic carbocycles. The van der Waals surface area contributed by atoms with Gasteiger partial charge in [-0.3, -0.25) is 4.90 Å². The van der Waals surface area contributed by atoms with Gasteiger partial charge in [0.15, 0.2) is 0 Å². The lowest BCUT2D eigenvalue weighted by atomic mass is 10.1. The summed E-state index contributed by atoms with van der Waals surface area (Å²) >= 11 is 0. The van der Waals surface area contributed by atoms with Gasteiger partial charge in [-0.15, -0.1) is 0 Å². The van der Waals surface area contributed by atoms with Crippen LogP contribution in [-0.4, -0.2) is 34.3 Å². The number of aliphatic hydroxyl groups excluding tert-OH is 1. The highest BCUT2D eigenvalue weighted by atomic mass is 16.4. The highest BCUT2D eigenvalue weighted by molar-refractivity contribution is 5.81. The molecule has 1 aromatic carbocycles. The number of aromatic hydroxyl groups is 1. The van der Waals surface area contributed by atoms with Gasteiger partial charge in [-0.2, -0.15) is 0 Å². The molecule has 0 saturated heterocycles. The molecule has 0 atom stereocenters. The zero-order valence-corrected chi connectivity index (χ0v) is 11.7. The summed E-state index contributed by atoms with van der Waals surface area (Å²) in [6.45, 7) is 5.23. The molecule has 0 aliphatic heterocycles. The lowest BCUT2D eigenvalue weighted by Gasteiger charge is -2.25. The fourth-order valence-electron chi connectivity index (χ4n) is 2.22. The molecule has 1 aromatic heterocycles. The zero-order chi connectivity index (χ0) is 14.7. The average molecular weight is 277 g/mol. The van der Waals surface area contributed by atoms with Crippen molar-refractivity contribution in [2.24, 2.45) is 0 Å². The Bertz CT molecular complexity index is 648. The van der Waals surface area contributed by atoms with E-state index in [1.165, 1.54) is 12.1 Å². The number of phenolic OH excluding ortho intramolecular Hbond substituents is 1. The van der Waals surface area contributed by atoms with Gasteiger partial charge in [0.05, 0.1) is 6.61 Å². The number of phenols is 1. The van der Waals surface area contributed by atoms with Gasteiger partial charge in [-0.1, -0.05) is 0 Å². The van der Waals surface area contributed by atoms with Crippen molar-refractivity contribution in [3.8, 4) is 5.75 Å². The molecule has 108 valence electrons. The van der Waals surface area contributed by atoms with Crippen molar-refractivity contribution in [2.45, 2.75) is 26.4 Å². The van der Waals surface area contributed by atoms with Gasteiger partial charge in [0, 0.05) is 36.7 Å². The van der Waals surface area contributed by atoms with E-state index in [2.05, 4.69) is 4.90 Å². The molecule has 0 amide bonds. The maximum atomic E-state index is 11.6. The average Bonchev–Trinajstić information content (AvgIpc) is 2.37. The molecule has 0 bridgehead atoms. The van der Waals surface area contributed by atoms with E-state index in [1.807, 2.05) is 13.8 Å². The Labute approximate surface area is 117 Å². The second kappa shape index (κ2) is 6.07. The van der Waals surface area contributed by atoms with Gasteiger partial charge in [-0.25, -0.2) is 4.79 Å². The first-order chi connectivity index (χ1) is 9.51. The predicted molar refractivity (Wildman–Crippen MR) is 76.8 cm³/mol. The molecular weight excluding hydrogens is 258 g/mol.